The fourth-order valence-corrected chi connectivity index (χ4v) is 4.47. The summed E-state index contributed by atoms with van der Waals surface area (Å²) in [5.74, 6) is -1.46. The van der Waals surface area contributed by atoms with E-state index < -0.39 is 15.8 Å². The van der Waals surface area contributed by atoms with E-state index in [2.05, 4.69) is 0 Å². The molecular formula is C15H19NO5S. The summed E-state index contributed by atoms with van der Waals surface area (Å²) >= 11 is 0. The van der Waals surface area contributed by atoms with Gasteiger partial charge in [-0.2, -0.15) is 0 Å². The minimum Gasteiger partial charge on any atom is -0.480 e. The van der Waals surface area contributed by atoms with Gasteiger partial charge in [-0.05, 0) is 17.9 Å². The Morgan fingerprint density at radius 3 is 2.45 bits per heavy atom. The molecule has 1 aromatic rings. The first kappa shape index (κ1) is 16.5. The maximum atomic E-state index is 12.3. The van der Waals surface area contributed by atoms with Gasteiger partial charge in [0.25, 0.3) is 0 Å². The van der Waals surface area contributed by atoms with Crippen molar-refractivity contribution >= 4 is 21.7 Å². The van der Waals surface area contributed by atoms with Gasteiger partial charge in [0.05, 0.1) is 11.5 Å². The van der Waals surface area contributed by atoms with Crippen molar-refractivity contribution in [2.24, 2.45) is 5.92 Å². The van der Waals surface area contributed by atoms with Gasteiger partial charge in [0.1, 0.15) is 6.54 Å². The van der Waals surface area contributed by atoms with Crippen LogP contribution in [0.4, 0.5) is 0 Å². The molecule has 1 unspecified atom stereocenters. The van der Waals surface area contributed by atoms with Crippen molar-refractivity contribution < 1.29 is 23.1 Å². The molecule has 0 spiro atoms. The summed E-state index contributed by atoms with van der Waals surface area (Å²) in [5.41, 5.74) is 0.844. The maximum Gasteiger partial charge on any atom is 0.323 e. The normalized spacial score (nSPS) is 19.7. The van der Waals surface area contributed by atoms with E-state index in [1.807, 2.05) is 30.3 Å². The molecular weight excluding hydrogens is 306 g/mol. The van der Waals surface area contributed by atoms with E-state index in [-0.39, 0.29) is 42.8 Å². The monoisotopic (exact) mass is 325 g/mol. The number of hydrogen-bond acceptors (Lipinski definition) is 4. The van der Waals surface area contributed by atoms with Crippen molar-refractivity contribution in [3.05, 3.63) is 35.9 Å². The van der Waals surface area contributed by atoms with Crippen LogP contribution in [0.15, 0.2) is 30.3 Å². The van der Waals surface area contributed by atoms with Crippen molar-refractivity contribution in [2.45, 2.75) is 19.4 Å². The number of amides is 1. The predicted molar refractivity (Wildman–Crippen MR) is 80.9 cm³/mol. The number of sulfone groups is 1. The van der Waals surface area contributed by atoms with Gasteiger partial charge in [0.15, 0.2) is 9.84 Å². The summed E-state index contributed by atoms with van der Waals surface area (Å²) in [6, 6.07) is 9.13. The average molecular weight is 325 g/mol. The molecule has 22 heavy (non-hydrogen) atoms. The molecule has 1 heterocycles. The van der Waals surface area contributed by atoms with E-state index >= 15 is 0 Å². The smallest absolute Gasteiger partial charge is 0.323 e. The molecule has 1 aliphatic rings. The second-order valence-corrected chi connectivity index (χ2v) is 7.83. The zero-order chi connectivity index (χ0) is 16.2. The first-order valence-electron chi connectivity index (χ1n) is 7.09. The third-order valence-corrected chi connectivity index (χ3v) is 5.52. The molecule has 1 N–H and O–H groups in total. The van der Waals surface area contributed by atoms with Gasteiger partial charge >= 0.3 is 5.97 Å². The minimum atomic E-state index is -3.04. The van der Waals surface area contributed by atoms with E-state index in [9.17, 15) is 18.0 Å². The number of carbonyl (C=O) groups excluding carboxylic acids is 1. The molecule has 120 valence electrons. The Kier molecular flexibility index (Phi) is 5.18. The number of nitrogens with zero attached hydrogens (tertiary/aromatic N) is 1. The number of carboxylic acid groups (broad SMARTS) is 1. The van der Waals surface area contributed by atoms with Crippen LogP contribution in [0.1, 0.15) is 18.4 Å². The van der Waals surface area contributed by atoms with E-state index in [1.165, 1.54) is 4.90 Å². The van der Waals surface area contributed by atoms with Gasteiger partial charge in [-0.3, -0.25) is 9.59 Å². The average Bonchev–Trinajstić information content (AvgIpc) is 2.78. The molecule has 1 aromatic carbocycles. The van der Waals surface area contributed by atoms with Gasteiger partial charge in [-0.15, -0.1) is 0 Å². The summed E-state index contributed by atoms with van der Waals surface area (Å²) in [7, 11) is -3.04. The van der Waals surface area contributed by atoms with Gasteiger partial charge in [-0.1, -0.05) is 30.3 Å². The van der Waals surface area contributed by atoms with E-state index in [1.54, 1.807) is 0 Å². The highest BCUT2D eigenvalue weighted by Gasteiger charge is 2.31. The molecule has 6 nitrogen and oxygen atoms in total. The maximum absolute atomic E-state index is 12.3. The predicted octanol–water partition coefficient (Wildman–Crippen LogP) is 0.925. The number of carbonyl (C=O) groups is 2. The highest BCUT2D eigenvalue weighted by molar-refractivity contribution is 7.91. The Bertz CT molecular complexity index is 641. The first-order chi connectivity index (χ1) is 10.4. The zero-order valence-corrected chi connectivity index (χ0v) is 13.0. The summed E-state index contributed by atoms with van der Waals surface area (Å²) in [5, 5.41) is 8.96. The zero-order valence-electron chi connectivity index (χ0n) is 12.1. The van der Waals surface area contributed by atoms with Crippen LogP contribution in [-0.4, -0.2) is 48.4 Å². The Morgan fingerprint density at radius 1 is 1.23 bits per heavy atom. The Morgan fingerprint density at radius 2 is 1.91 bits per heavy atom. The third-order valence-electron chi connectivity index (χ3n) is 3.69. The van der Waals surface area contributed by atoms with Crippen LogP contribution in [0.2, 0.25) is 0 Å². The summed E-state index contributed by atoms with van der Waals surface area (Å²) in [6.07, 6.45) is 0.555. The highest BCUT2D eigenvalue weighted by atomic mass is 32.2. The quantitative estimate of drug-likeness (QED) is 0.840. The van der Waals surface area contributed by atoms with Gasteiger partial charge in [0, 0.05) is 13.0 Å². The van der Waals surface area contributed by atoms with Crippen LogP contribution >= 0.6 is 0 Å². The minimum absolute atomic E-state index is 0.0188. The molecule has 0 saturated carbocycles. The van der Waals surface area contributed by atoms with Crippen LogP contribution in [0, 0.1) is 5.92 Å². The Hall–Kier alpha value is -1.89. The second-order valence-electron chi connectivity index (χ2n) is 5.60. The van der Waals surface area contributed by atoms with Crippen LogP contribution in [0.3, 0.4) is 0 Å². The molecule has 1 aliphatic heterocycles. The third kappa shape index (κ3) is 4.84. The standard InChI is InChI=1S/C15H19NO5S/c17-14(8-13-6-7-22(20,21)11-13)16(10-15(18)19)9-12-4-2-1-3-5-12/h1-5,13H,6-11H2,(H,18,19). The van der Waals surface area contributed by atoms with E-state index in [0.29, 0.717) is 6.42 Å². The lowest BCUT2D eigenvalue weighted by molar-refractivity contribution is -0.145. The number of carboxylic acids is 1. The number of aliphatic carboxylic acids is 1. The van der Waals surface area contributed by atoms with Crippen LogP contribution in [0.25, 0.3) is 0 Å². The lowest BCUT2D eigenvalue weighted by Gasteiger charge is -2.22. The number of rotatable bonds is 6. The summed E-state index contributed by atoms with van der Waals surface area (Å²) in [4.78, 5) is 24.5. The van der Waals surface area contributed by atoms with E-state index in [0.717, 1.165) is 5.56 Å². The van der Waals surface area contributed by atoms with Crippen molar-refractivity contribution in [2.75, 3.05) is 18.1 Å². The van der Waals surface area contributed by atoms with Crippen LogP contribution in [-0.2, 0) is 26.0 Å². The van der Waals surface area contributed by atoms with E-state index in [4.69, 9.17) is 5.11 Å². The fourth-order valence-electron chi connectivity index (χ4n) is 2.61. The molecule has 1 saturated heterocycles. The molecule has 0 bridgehead atoms. The second kappa shape index (κ2) is 6.91. The SMILES string of the molecule is O=C(O)CN(Cc1ccccc1)C(=O)CC1CCS(=O)(=O)C1. The first-order valence-corrected chi connectivity index (χ1v) is 8.92. The number of hydrogen-bond donors (Lipinski definition) is 1. The highest BCUT2D eigenvalue weighted by Crippen LogP contribution is 2.22. The van der Waals surface area contributed by atoms with Crippen LogP contribution in [0.5, 0.6) is 0 Å². The molecule has 0 aliphatic carbocycles. The van der Waals surface area contributed by atoms with Gasteiger partial charge in [0.2, 0.25) is 5.91 Å². The number of benzene rings is 1. The largest absolute Gasteiger partial charge is 0.480 e. The molecule has 1 atom stereocenters. The fraction of sp³-hybridized carbons (Fsp3) is 0.467. The Balaban J connectivity index is 2.01. The summed E-state index contributed by atoms with van der Waals surface area (Å²) < 4.78 is 22.9. The Labute approximate surface area is 129 Å². The molecule has 2 rings (SSSR count). The summed E-state index contributed by atoms with van der Waals surface area (Å²) in [6.45, 7) is -0.168. The molecule has 1 fully saturated rings. The topological polar surface area (TPSA) is 91.8 Å². The molecule has 0 radical (unpaired) electrons. The van der Waals surface area contributed by atoms with Crippen molar-refractivity contribution in [1.29, 1.82) is 0 Å². The lowest BCUT2D eigenvalue weighted by atomic mass is 10.0. The molecule has 1 amide bonds. The lowest BCUT2D eigenvalue weighted by Crippen LogP contribution is -2.36. The van der Waals surface area contributed by atoms with Gasteiger partial charge < -0.3 is 10.0 Å². The molecule has 0 aromatic heterocycles. The van der Waals surface area contributed by atoms with Crippen LogP contribution < -0.4 is 0 Å². The van der Waals surface area contributed by atoms with Crippen molar-refractivity contribution in [3.8, 4) is 0 Å². The van der Waals surface area contributed by atoms with Crippen molar-refractivity contribution in [1.82, 2.24) is 4.90 Å². The molecule has 7 heteroatoms. The van der Waals surface area contributed by atoms with Crippen molar-refractivity contribution in [3.63, 3.8) is 0 Å². The van der Waals surface area contributed by atoms with Gasteiger partial charge in [-0.25, -0.2) is 8.42 Å².